The minimum absolute atomic E-state index is 0.0501. The predicted octanol–water partition coefficient (Wildman–Crippen LogP) is 4.13. The number of benzene rings is 2. The van der Waals surface area contributed by atoms with Crippen molar-refractivity contribution < 1.29 is 17.9 Å². The van der Waals surface area contributed by atoms with Gasteiger partial charge in [-0.3, -0.25) is 0 Å². The second-order valence-electron chi connectivity index (χ2n) is 3.48. The van der Waals surface area contributed by atoms with Crippen LogP contribution in [0.25, 0.3) is 0 Å². The zero-order valence-electron chi connectivity index (χ0n) is 8.88. The first-order chi connectivity index (χ1) is 8.47. The summed E-state index contributed by atoms with van der Waals surface area (Å²) >= 11 is 5.54. The third-order valence-corrected chi connectivity index (χ3v) is 2.46. The zero-order valence-corrected chi connectivity index (χ0v) is 9.64. The molecule has 0 radical (unpaired) electrons. The number of rotatable bonds is 2. The van der Waals surface area contributed by atoms with E-state index in [9.17, 15) is 13.2 Å². The molecule has 0 aromatic heterocycles. The molecule has 0 atom stereocenters. The molecule has 0 saturated heterocycles. The molecule has 0 spiro atoms. The van der Waals surface area contributed by atoms with Gasteiger partial charge in [0.05, 0.1) is 10.7 Å². The van der Waals surface area contributed by atoms with Gasteiger partial charge in [0.1, 0.15) is 11.6 Å². The van der Waals surface area contributed by atoms with Crippen LogP contribution in [0.4, 0.5) is 18.9 Å². The fraction of sp³-hybridized carbons (Fsp3) is 0. The first kappa shape index (κ1) is 12.6. The third-order valence-electron chi connectivity index (χ3n) is 2.17. The van der Waals surface area contributed by atoms with Crippen molar-refractivity contribution in [2.24, 2.45) is 0 Å². The van der Waals surface area contributed by atoms with Gasteiger partial charge in [-0.2, -0.15) is 0 Å². The standard InChI is InChI=1S/C12H7ClF3NO/c13-7-4-12(10(17)5-9(7)16)18-11-3-6(14)1-2-8(11)15/h1-5H,17H2. The van der Waals surface area contributed by atoms with Gasteiger partial charge in [-0.25, -0.2) is 13.2 Å². The summed E-state index contributed by atoms with van der Waals surface area (Å²) in [6, 6.07) is 4.74. The van der Waals surface area contributed by atoms with Gasteiger partial charge in [-0.15, -0.1) is 0 Å². The van der Waals surface area contributed by atoms with E-state index in [1.54, 1.807) is 0 Å². The second kappa shape index (κ2) is 4.78. The van der Waals surface area contributed by atoms with E-state index in [2.05, 4.69) is 0 Å². The lowest BCUT2D eigenvalue weighted by molar-refractivity contribution is 0.437. The average molecular weight is 274 g/mol. The Balaban J connectivity index is 2.40. The fourth-order valence-corrected chi connectivity index (χ4v) is 1.46. The van der Waals surface area contributed by atoms with Crippen molar-refractivity contribution in [3.8, 4) is 11.5 Å². The summed E-state index contributed by atoms with van der Waals surface area (Å²) in [5, 5.41) is -0.226. The van der Waals surface area contributed by atoms with Crippen LogP contribution in [0.2, 0.25) is 5.02 Å². The molecule has 94 valence electrons. The van der Waals surface area contributed by atoms with Crippen molar-refractivity contribution in [2.75, 3.05) is 5.73 Å². The van der Waals surface area contributed by atoms with Crippen LogP contribution in [0.3, 0.4) is 0 Å². The highest BCUT2D eigenvalue weighted by Crippen LogP contribution is 2.33. The van der Waals surface area contributed by atoms with Crippen molar-refractivity contribution in [2.45, 2.75) is 0 Å². The maximum Gasteiger partial charge on any atom is 0.166 e. The Morgan fingerprint density at radius 1 is 0.944 bits per heavy atom. The van der Waals surface area contributed by atoms with E-state index < -0.39 is 17.5 Å². The quantitative estimate of drug-likeness (QED) is 0.835. The van der Waals surface area contributed by atoms with Crippen LogP contribution in [0.15, 0.2) is 30.3 Å². The lowest BCUT2D eigenvalue weighted by atomic mass is 10.2. The molecule has 0 unspecified atom stereocenters. The highest BCUT2D eigenvalue weighted by Gasteiger charge is 2.11. The summed E-state index contributed by atoms with van der Waals surface area (Å²) in [6.45, 7) is 0. The van der Waals surface area contributed by atoms with Gasteiger partial charge >= 0.3 is 0 Å². The van der Waals surface area contributed by atoms with Crippen molar-refractivity contribution in [1.29, 1.82) is 0 Å². The summed E-state index contributed by atoms with van der Waals surface area (Å²) in [4.78, 5) is 0. The van der Waals surface area contributed by atoms with Gasteiger partial charge in [0, 0.05) is 18.2 Å². The first-order valence-corrected chi connectivity index (χ1v) is 5.22. The lowest BCUT2D eigenvalue weighted by Crippen LogP contribution is -1.96. The van der Waals surface area contributed by atoms with Crippen LogP contribution in [-0.2, 0) is 0 Å². The van der Waals surface area contributed by atoms with Crippen LogP contribution in [0.1, 0.15) is 0 Å². The van der Waals surface area contributed by atoms with E-state index in [4.69, 9.17) is 22.1 Å². The summed E-state index contributed by atoms with van der Waals surface area (Å²) in [5.41, 5.74) is 5.42. The van der Waals surface area contributed by atoms with E-state index in [1.807, 2.05) is 0 Å². The molecule has 0 amide bonds. The second-order valence-corrected chi connectivity index (χ2v) is 3.89. The van der Waals surface area contributed by atoms with Gasteiger partial charge < -0.3 is 10.5 Å². The monoisotopic (exact) mass is 273 g/mol. The summed E-state index contributed by atoms with van der Waals surface area (Å²) in [6.07, 6.45) is 0. The van der Waals surface area contributed by atoms with Crippen molar-refractivity contribution >= 4 is 17.3 Å². The van der Waals surface area contributed by atoms with Crippen LogP contribution < -0.4 is 10.5 Å². The van der Waals surface area contributed by atoms with E-state index in [0.29, 0.717) is 0 Å². The molecular formula is C12H7ClF3NO. The summed E-state index contributed by atoms with van der Waals surface area (Å²) in [5.74, 6) is -2.56. The smallest absolute Gasteiger partial charge is 0.166 e. The third kappa shape index (κ3) is 2.51. The highest BCUT2D eigenvalue weighted by molar-refractivity contribution is 6.31. The highest BCUT2D eigenvalue weighted by atomic mass is 35.5. The number of halogens is 4. The molecular weight excluding hydrogens is 267 g/mol. The number of ether oxygens (including phenoxy) is 1. The average Bonchev–Trinajstić information content (AvgIpc) is 2.30. The molecule has 0 bridgehead atoms. The Kier molecular flexibility index (Phi) is 3.34. The molecule has 2 aromatic carbocycles. The SMILES string of the molecule is Nc1cc(F)c(Cl)cc1Oc1cc(F)ccc1F. The van der Waals surface area contributed by atoms with Crippen molar-refractivity contribution in [3.05, 3.63) is 52.8 Å². The molecule has 2 nitrogen and oxygen atoms in total. The van der Waals surface area contributed by atoms with E-state index >= 15 is 0 Å². The number of nitrogen functional groups attached to an aromatic ring is 1. The fourth-order valence-electron chi connectivity index (χ4n) is 1.31. The first-order valence-electron chi connectivity index (χ1n) is 4.85. The molecule has 0 aliphatic heterocycles. The minimum atomic E-state index is -0.767. The van der Waals surface area contributed by atoms with Crippen LogP contribution in [0.5, 0.6) is 11.5 Å². The van der Waals surface area contributed by atoms with Crippen LogP contribution in [-0.4, -0.2) is 0 Å². The van der Waals surface area contributed by atoms with Crippen molar-refractivity contribution in [1.82, 2.24) is 0 Å². The van der Waals surface area contributed by atoms with Gasteiger partial charge in [0.2, 0.25) is 0 Å². The molecule has 2 rings (SSSR count). The zero-order chi connectivity index (χ0) is 13.3. The molecule has 0 heterocycles. The molecule has 6 heteroatoms. The Morgan fingerprint density at radius 3 is 2.39 bits per heavy atom. The molecule has 0 aliphatic rings. The van der Waals surface area contributed by atoms with Gasteiger partial charge in [0.25, 0.3) is 0 Å². The molecule has 18 heavy (non-hydrogen) atoms. The van der Waals surface area contributed by atoms with E-state index in [1.165, 1.54) is 0 Å². The lowest BCUT2D eigenvalue weighted by Gasteiger charge is -2.10. The predicted molar refractivity (Wildman–Crippen MR) is 62.3 cm³/mol. The molecule has 0 fully saturated rings. The topological polar surface area (TPSA) is 35.2 Å². The maximum absolute atomic E-state index is 13.3. The van der Waals surface area contributed by atoms with E-state index in [0.717, 1.165) is 30.3 Å². The molecule has 0 saturated carbocycles. The van der Waals surface area contributed by atoms with Gasteiger partial charge in [0.15, 0.2) is 17.3 Å². The number of anilines is 1. The Bertz CT molecular complexity index is 604. The molecule has 2 aromatic rings. The van der Waals surface area contributed by atoms with Crippen LogP contribution >= 0.6 is 11.6 Å². The number of hydrogen-bond donors (Lipinski definition) is 1. The maximum atomic E-state index is 13.3. The number of nitrogens with two attached hydrogens (primary N) is 1. The minimum Gasteiger partial charge on any atom is -0.452 e. The number of hydrogen-bond acceptors (Lipinski definition) is 2. The Morgan fingerprint density at radius 2 is 1.67 bits per heavy atom. The van der Waals surface area contributed by atoms with Crippen molar-refractivity contribution in [3.63, 3.8) is 0 Å². The molecule has 2 N–H and O–H groups in total. The summed E-state index contributed by atoms with van der Waals surface area (Å²) in [7, 11) is 0. The normalized spacial score (nSPS) is 10.4. The van der Waals surface area contributed by atoms with Gasteiger partial charge in [-0.1, -0.05) is 11.6 Å². The Labute approximate surface area is 106 Å². The van der Waals surface area contributed by atoms with E-state index in [-0.39, 0.29) is 22.2 Å². The molecule has 0 aliphatic carbocycles. The Hall–Kier alpha value is -1.88. The van der Waals surface area contributed by atoms with Gasteiger partial charge in [-0.05, 0) is 12.1 Å². The largest absolute Gasteiger partial charge is 0.452 e. The summed E-state index contributed by atoms with van der Waals surface area (Å²) < 4.78 is 44.4. The van der Waals surface area contributed by atoms with Crippen LogP contribution in [0, 0.1) is 17.5 Å².